The van der Waals surface area contributed by atoms with E-state index in [1.54, 1.807) is 7.11 Å². The molecule has 1 fully saturated rings. The SMILES string of the molecule is C=C(C(C=C/C=C\C)CC=O)N(C)C1CCN(CC)CC1.CC.CC.COC1=c2c(c(C(=O)Cc3ccccc3)cn2C)=CCC1. The molecule has 0 spiro atoms. The van der Waals surface area contributed by atoms with E-state index in [-0.39, 0.29) is 11.7 Å². The number of fused-ring (bicyclic) bond motifs is 1. The summed E-state index contributed by atoms with van der Waals surface area (Å²) in [6, 6.07) is 10.4. The van der Waals surface area contributed by atoms with Crippen LogP contribution in [-0.2, 0) is 23.0 Å². The summed E-state index contributed by atoms with van der Waals surface area (Å²) < 4.78 is 7.48. The standard InChI is InChI=1S/C18H30N2O.C18H19NO2.2C2H6/c1-5-7-8-9-17(12-15-21)16(3)19(4)18-10-13-20(6-2)14-11-18;1-19-12-15(14-9-6-10-17(21-2)18(14)19)16(20)11-13-7-4-3-5-8-13;2*1-2/h5,7-9,15,17-18H,3,6,10-14H2,1-2,4H3;3-5,7-9,12H,6,10-11H2,1-2H3;2*1-2H3/b7-5-,9-8?;;;. The number of piperidine rings is 1. The minimum atomic E-state index is 0.105. The fourth-order valence-corrected chi connectivity index (χ4v) is 5.82. The molecule has 1 aromatic heterocycles. The number of carbonyl (C=O) groups excluding carboxylic acids is 2. The minimum Gasteiger partial charge on any atom is -0.499 e. The molecular formula is C40H61N3O3. The monoisotopic (exact) mass is 631 g/mol. The molecule has 2 aromatic rings. The Hall–Kier alpha value is -3.64. The van der Waals surface area contributed by atoms with E-state index in [1.807, 2.05) is 101 Å². The molecule has 1 unspecified atom stereocenters. The summed E-state index contributed by atoms with van der Waals surface area (Å²) >= 11 is 0. The number of benzene rings is 1. The number of rotatable bonds is 12. The van der Waals surface area contributed by atoms with Crippen molar-refractivity contribution in [1.29, 1.82) is 0 Å². The molecule has 0 N–H and O–H groups in total. The second-order valence-corrected chi connectivity index (χ2v) is 11.1. The van der Waals surface area contributed by atoms with Crippen molar-refractivity contribution < 1.29 is 14.3 Å². The Bertz CT molecular complexity index is 1360. The van der Waals surface area contributed by atoms with Crippen LogP contribution in [0.15, 0.2) is 73.1 Å². The fourth-order valence-electron chi connectivity index (χ4n) is 5.82. The summed E-state index contributed by atoms with van der Waals surface area (Å²) in [6.07, 6.45) is 18.2. The molecule has 1 atom stereocenters. The Morgan fingerprint density at radius 3 is 2.33 bits per heavy atom. The Balaban J connectivity index is 0.000000415. The van der Waals surface area contributed by atoms with Crippen molar-refractivity contribution in [2.75, 3.05) is 33.8 Å². The Morgan fingerprint density at radius 1 is 1.11 bits per heavy atom. The minimum absolute atomic E-state index is 0.105. The van der Waals surface area contributed by atoms with Gasteiger partial charge in [0.05, 0.1) is 12.5 Å². The van der Waals surface area contributed by atoms with Crippen LogP contribution in [0.3, 0.4) is 0 Å². The number of aromatic nitrogens is 1. The van der Waals surface area contributed by atoms with Gasteiger partial charge in [-0.2, -0.15) is 0 Å². The van der Waals surface area contributed by atoms with E-state index in [0.717, 1.165) is 71.9 Å². The molecule has 0 amide bonds. The van der Waals surface area contributed by atoms with Gasteiger partial charge in [-0.15, -0.1) is 0 Å². The topological polar surface area (TPSA) is 54.8 Å². The highest BCUT2D eigenvalue weighted by molar-refractivity contribution is 5.98. The van der Waals surface area contributed by atoms with Crippen molar-refractivity contribution in [3.8, 4) is 0 Å². The predicted octanol–water partition coefficient (Wildman–Crippen LogP) is 7.09. The second kappa shape index (κ2) is 22.8. The van der Waals surface area contributed by atoms with Gasteiger partial charge in [0, 0.05) is 81.1 Å². The predicted molar refractivity (Wildman–Crippen MR) is 196 cm³/mol. The number of allylic oxidation sites excluding steroid dienone is 4. The van der Waals surface area contributed by atoms with Crippen LogP contribution >= 0.6 is 0 Å². The molecule has 0 bridgehead atoms. The maximum Gasteiger partial charge on any atom is 0.169 e. The molecule has 2 aliphatic rings. The van der Waals surface area contributed by atoms with Crippen LogP contribution < -0.4 is 10.6 Å². The number of aryl methyl sites for hydroxylation is 1. The molecule has 4 rings (SSSR count). The first kappa shape index (κ1) is 40.4. The van der Waals surface area contributed by atoms with Crippen molar-refractivity contribution in [3.05, 3.63) is 94.8 Å². The first-order valence-electron chi connectivity index (χ1n) is 17.2. The van der Waals surface area contributed by atoms with E-state index < -0.39 is 0 Å². The summed E-state index contributed by atoms with van der Waals surface area (Å²) in [5.41, 5.74) is 2.90. The molecule has 0 saturated carbocycles. The molecule has 46 heavy (non-hydrogen) atoms. The lowest BCUT2D eigenvalue weighted by Gasteiger charge is -2.39. The normalized spacial score (nSPS) is 15.2. The summed E-state index contributed by atoms with van der Waals surface area (Å²) in [7, 11) is 5.79. The Kier molecular flexibility index (Phi) is 20.0. The third-order valence-corrected chi connectivity index (χ3v) is 8.39. The zero-order chi connectivity index (χ0) is 34.5. The maximum absolute atomic E-state index is 12.6. The van der Waals surface area contributed by atoms with Gasteiger partial charge < -0.3 is 23.9 Å². The number of nitrogens with zero attached hydrogens (tertiary/aromatic N) is 3. The summed E-state index contributed by atoms with van der Waals surface area (Å²) in [6.45, 7) is 19.9. The first-order chi connectivity index (χ1) is 22.3. The lowest BCUT2D eigenvalue weighted by molar-refractivity contribution is -0.108. The van der Waals surface area contributed by atoms with E-state index in [2.05, 4.69) is 42.5 Å². The molecule has 1 saturated heterocycles. The quantitative estimate of drug-likeness (QED) is 0.142. The average Bonchev–Trinajstić information content (AvgIpc) is 3.46. The second-order valence-electron chi connectivity index (χ2n) is 11.1. The van der Waals surface area contributed by atoms with Gasteiger partial charge in [-0.1, -0.05) is 102 Å². The number of aldehydes is 1. The lowest BCUT2D eigenvalue weighted by atomic mass is 9.97. The molecule has 2 heterocycles. The summed E-state index contributed by atoms with van der Waals surface area (Å²) in [5, 5.41) is 2.07. The highest BCUT2D eigenvalue weighted by atomic mass is 16.5. The van der Waals surface area contributed by atoms with E-state index in [0.29, 0.717) is 18.9 Å². The van der Waals surface area contributed by atoms with Crippen LogP contribution in [0.2, 0.25) is 0 Å². The smallest absolute Gasteiger partial charge is 0.169 e. The van der Waals surface area contributed by atoms with E-state index in [1.165, 1.54) is 12.8 Å². The number of Topliss-reactive ketones (excluding diaryl/α,β-unsaturated/α-hetero) is 1. The third kappa shape index (κ3) is 11.9. The molecule has 0 radical (unpaired) electrons. The first-order valence-corrected chi connectivity index (χ1v) is 17.2. The lowest BCUT2D eigenvalue weighted by Crippen LogP contribution is -2.43. The Morgan fingerprint density at radius 2 is 1.76 bits per heavy atom. The van der Waals surface area contributed by atoms with Gasteiger partial charge in [0.1, 0.15) is 12.0 Å². The zero-order valence-corrected chi connectivity index (χ0v) is 30.2. The highest BCUT2D eigenvalue weighted by Crippen LogP contribution is 2.24. The largest absolute Gasteiger partial charge is 0.499 e. The Labute approximate surface area is 279 Å². The zero-order valence-electron chi connectivity index (χ0n) is 30.2. The van der Waals surface area contributed by atoms with Gasteiger partial charge in [0.2, 0.25) is 0 Å². The van der Waals surface area contributed by atoms with E-state index >= 15 is 0 Å². The number of carbonyl (C=O) groups is 2. The van der Waals surface area contributed by atoms with Crippen LogP contribution in [0.1, 0.15) is 89.6 Å². The van der Waals surface area contributed by atoms with Crippen LogP contribution in [-0.4, -0.2) is 66.3 Å². The van der Waals surface area contributed by atoms with Gasteiger partial charge in [-0.25, -0.2) is 0 Å². The molecule has 6 heteroatoms. The van der Waals surface area contributed by atoms with E-state index in [9.17, 15) is 9.59 Å². The van der Waals surface area contributed by atoms with Crippen LogP contribution in [0.5, 0.6) is 0 Å². The van der Waals surface area contributed by atoms with Crippen LogP contribution in [0, 0.1) is 5.92 Å². The van der Waals surface area contributed by atoms with Crippen molar-refractivity contribution in [2.24, 2.45) is 13.0 Å². The van der Waals surface area contributed by atoms with Gasteiger partial charge in [-0.3, -0.25) is 4.79 Å². The molecule has 254 valence electrons. The molecule has 1 aliphatic heterocycles. The summed E-state index contributed by atoms with van der Waals surface area (Å²) in [4.78, 5) is 28.3. The van der Waals surface area contributed by atoms with E-state index in [4.69, 9.17) is 4.74 Å². The van der Waals surface area contributed by atoms with Gasteiger partial charge in [0.15, 0.2) is 5.78 Å². The van der Waals surface area contributed by atoms with Gasteiger partial charge >= 0.3 is 0 Å². The third-order valence-electron chi connectivity index (χ3n) is 8.39. The van der Waals surface area contributed by atoms with Gasteiger partial charge in [-0.05, 0) is 38.3 Å². The summed E-state index contributed by atoms with van der Waals surface area (Å²) in [5.74, 6) is 1.23. The number of ether oxygens (including phenoxy) is 1. The molecular weight excluding hydrogens is 570 g/mol. The maximum atomic E-state index is 12.6. The van der Waals surface area contributed by atoms with Crippen molar-refractivity contribution >= 4 is 23.9 Å². The molecule has 1 aromatic carbocycles. The number of hydrogen-bond donors (Lipinski definition) is 0. The van der Waals surface area contributed by atoms with Crippen LogP contribution in [0.25, 0.3) is 11.8 Å². The fraction of sp³-hybridized carbons (Fsp3) is 0.500. The number of ketones is 1. The average molecular weight is 632 g/mol. The van der Waals surface area contributed by atoms with Gasteiger partial charge in [0.25, 0.3) is 0 Å². The van der Waals surface area contributed by atoms with Crippen molar-refractivity contribution in [1.82, 2.24) is 14.4 Å². The van der Waals surface area contributed by atoms with Crippen LogP contribution in [0.4, 0.5) is 0 Å². The number of hydrogen-bond acceptors (Lipinski definition) is 5. The molecule has 1 aliphatic carbocycles. The highest BCUT2D eigenvalue weighted by Gasteiger charge is 2.24. The van der Waals surface area contributed by atoms with Crippen molar-refractivity contribution in [3.63, 3.8) is 0 Å². The number of likely N-dealkylation sites (tertiary alicyclic amines) is 1. The number of methoxy groups -OCH3 is 1. The molecule has 6 nitrogen and oxygen atoms in total. The van der Waals surface area contributed by atoms with Crippen molar-refractivity contribution in [2.45, 2.75) is 86.1 Å².